The molecule has 2 aromatic rings. The van der Waals surface area contributed by atoms with Crippen molar-refractivity contribution in [1.82, 2.24) is 5.32 Å². The summed E-state index contributed by atoms with van der Waals surface area (Å²) in [7, 11) is 1.57. The standard InChI is InChI=1S/C15H13BrN2O3/c1-17-14(19)11-8-9-4-2-3-5-10(9)18(11)15(20)12-6-7-13(16)21-12/h2-7,11H,8H2,1H3,(H,17,19)/t11-/m0/s1. The fraction of sp³-hybridized carbons (Fsp3) is 0.200. The Bertz CT molecular complexity index is 710. The molecule has 0 aliphatic carbocycles. The molecule has 0 bridgehead atoms. The molecule has 21 heavy (non-hydrogen) atoms. The first-order valence-electron chi connectivity index (χ1n) is 6.50. The molecule has 0 radical (unpaired) electrons. The molecule has 6 heteroatoms. The number of halogens is 1. The number of para-hydroxylation sites is 1. The summed E-state index contributed by atoms with van der Waals surface area (Å²) >= 11 is 3.18. The maximum absolute atomic E-state index is 12.7. The van der Waals surface area contributed by atoms with Crippen LogP contribution in [0.25, 0.3) is 0 Å². The summed E-state index contributed by atoms with van der Waals surface area (Å²) in [6.45, 7) is 0. The Labute approximate surface area is 130 Å². The smallest absolute Gasteiger partial charge is 0.294 e. The van der Waals surface area contributed by atoms with Crippen LogP contribution in [0, 0.1) is 0 Å². The normalized spacial score (nSPS) is 16.7. The van der Waals surface area contributed by atoms with Gasteiger partial charge in [-0.15, -0.1) is 0 Å². The highest BCUT2D eigenvalue weighted by Crippen LogP contribution is 2.33. The van der Waals surface area contributed by atoms with Gasteiger partial charge in [0.2, 0.25) is 5.91 Å². The molecule has 1 aromatic carbocycles. The maximum Gasteiger partial charge on any atom is 0.294 e. The van der Waals surface area contributed by atoms with Crippen LogP contribution in [0.3, 0.4) is 0 Å². The second-order valence-electron chi connectivity index (χ2n) is 4.74. The number of nitrogens with zero attached hydrogens (tertiary/aromatic N) is 1. The van der Waals surface area contributed by atoms with Gasteiger partial charge in [0, 0.05) is 19.2 Å². The fourth-order valence-electron chi connectivity index (χ4n) is 2.56. The molecule has 108 valence electrons. The Kier molecular flexibility index (Phi) is 3.55. The van der Waals surface area contributed by atoms with Crippen molar-refractivity contribution < 1.29 is 14.0 Å². The van der Waals surface area contributed by atoms with Crippen LogP contribution >= 0.6 is 15.9 Å². The van der Waals surface area contributed by atoms with Crippen LogP contribution in [0.1, 0.15) is 16.1 Å². The quantitative estimate of drug-likeness (QED) is 0.906. The molecular weight excluding hydrogens is 336 g/mol. The van der Waals surface area contributed by atoms with Crippen molar-refractivity contribution in [2.24, 2.45) is 0 Å². The summed E-state index contributed by atoms with van der Waals surface area (Å²) in [5.41, 5.74) is 1.73. The lowest BCUT2D eigenvalue weighted by molar-refractivity contribution is -0.121. The SMILES string of the molecule is CNC(=O)[C@@H]1Cc2ccccc2N1C(=O)c1ccc(Br)o1. The van der Waals surface area contributed by atoms with Crippen LogP contribution in [-0.4, -0.2) is 24.9 Å². The third-order valence-corrected chi connectivity index (χ3v) is 3.95. The molecule has 0 spiro atoms. The minimum atomic E-state index is -0.552. The van der Waals surface area contributed by atoms with Gasteiger partial charge in [-0.2, -0.15) is 0 Å². The Balaban J connectivity index is 2.03. The Morgan fingerprint density at radius 2 is 2.05 bits per heavy atom. The van der Waals surface area contributed by atoms with Gasteiger partial charge in [-0.3, -0.25) is 14.5 Å². The Morgan fingerprint density at radius 3 is 2.71 bits per heavy atom. The lowest BCUT2D eigenvalue weighted by atomic mass is 10.1. The van der Waals surface area contributed by atoms with Crippen molar-refractivity contribution in [3.63, 3.8) is 0 Å². The van der Waals surface area contributed by atoms with Crippen molar-refractivity contribution >= 4 is 33.4 Å². The number of carbonyl (C=O) groups is 2. The first-order valence-corrected chi connectivity index (χ1v) is 7.29. The summed E-state index contributed by atoms with van der Waals surface area (Å²) in [6.07, 6.45) is 0.503. The van der Waals surface area contributed by atoms with Gasteiger partial charge in [0.1, 0.15) is 6.04 Å². The molecule has 2 amide bonds. The first kappa shape index (κ1) is 13.9. The number of nitrogens with one attached hydrogen (secondary N) is 1. The average Bonchev–Trinajstić information content (AvgIpc) is 3.09. The second kappa shape index (κ2) is 5.37. The van der Waals surface area contributed by atoms with Gasteiger partial charge in [-0.05, 0) is 39.7 Å². The summed E-state index contributed by atoms with van der Waals surface area (Å²) in [5.74, 6) is -0.308. The van der Waals surface area contributed by atoms with E-state index in [0.717, 1.165) is 11.3 Å². The molecule has 3 rings (SSSR count). The van der Waals surface area contributed by atoms with Gasteiger partial charge in [-0.1, -0.05) is 18.2 Å². The first-order chi connectivity index (χ1) is 10.1. The van der Waals surface area contributed by atoms with E-state index in [1.165, 1.54) is 4.90 Å². The van der Waals surface area contributed by atoms with Crippen molar-refractivity contribution in [3.8, 4) is 0 Å². The van der Waals surface area contributed by atoms with Crippen molar-refractivity contribution in [2.45, 2.75) is 12.5 Å². The highest BCUT2D eigenvalue weighted by molar-refractivity contribution is 9.10. The highest BCUT2D eigenvalue weighted by atomic mass is 79.9. The van der Waals surface area contributed by atoms with E-state index in [1.807, 2.05) is 24.3 Å². The monoisotopic (exact) mass is 348 g/mol. The number of benzene rings is 1. The number of likely N-dealkylation sites (N-methyl/N-ethyl adjacent to an activating group) is 1. The van der Waals surface area contributed by atoms with E-state index in [1.54, 1.807) is 19.2 Å². The molecule has 1 aromatic heterocycles. The molecule has 0 saturated carbocycles. The number of furan rings is 1. The third kappa shape index (κ3) is 2.35. The minimum absolute atomic E-state index is 0.190. The zero-order valence-electron chi connectivity index (χ0n) is 11.3. The number of carbonyl (C=O) groups excluding carboxylic acids is 2. The van der Waals surface area contributed by atoms with Gasteiger partial charge in [0.25, 0.3) is 5.91 Å². The van der Waals surface area contributed by atoms with Crippen LogP contribution in [0.5, 0.6) is 0 Å². The number of hydrogen-bond acceptors (Lipinski definition) is 3. The number of hydrogen-bond donors (Lipinski definition) is 1. The van der Waals surface area contributed by atoms with Gasteiger partial charge >= 0.3 is 0 Å². The summed E-state index contributed by atoms with van der Waals surface area (Å²) in [5, 5.41) is 2.61. The number of anilines is 1. The number of amides is 2. The summed E-state index contributed by atoms with van der Waals surface area (Å²) in [4.78, 5) is 26.3. The fourth-order valence-corrected chi connectivity index (χ4v) is 2.87. The van der Waals surface area contributed by atoms with E-state index in [2.05, 4.69) is 21.2 Å². The third-order valence-electron chi connectivity index (χ3n) is 3.53. The zero-order chi connectivity index (χ0) is 15.0. The minimum Gasteiger partial charge on any atom is -0.444 e. The van der Waals surface area contributed by atoms with Crippen LogP contribution in [0.15, 0.2) is 45.5 Å². The maximum atomic E-state index is 12.7. The second-order valence-corrected chi connectivity index (χ2v) is 5.52. The van der Waals surface area contributed by atoms with Crippen LogP contribution in [0.4, 0.5) is 5.69 Å². The van der Waals surface area contributed by atoms with Crippen molar-refractivity contribution in [2.75, 3.05) is 11.9 Å². The number of rotatable bonds is 2. The molecule has 0 unspecified atom stereocenters. The Morgan fingerprint density at radius 1 is 1.29 bits per heavy atom. The molecule has 0 saturated heterocycles. The van der Waals surface area contributed by atoms with E-state index < -0.39 is 6.04 Å². The predicted octanol–water partition coefficient (Wildman–Crippen LogP) is 2.36. The van der Waals surface area contributed by atoms with Crippen molar-refractivity contribution in [3.05, 3.63) is 52.4 Å². The summed E-state index contributed by atoms with van der Waals surface area (Å²) < 4.78 is 5.81. The molecule has 0 fully saturated rings. The molecule has 1 N–H and O–H groups in total. The molecule has 2 heterocycles. The number of fused-ring (bicyclic) bond motifs is 1. The lowest BCUT2D eigenvalue weighted by Crippen LogP contribution is -2.47. The molecule has 1 atom stereocenters. The highest BCUT2D eigenvalue weighted by Gasteiger charge is 2.39. The van der Waals surface area contributed by atoms with Crippen LogP contribution < -0.4 is 10.2 Å². The average molecular weight is 349 g/mol. The van der Waals surface area contributed by atoms with E-state index in [4.69, 9.17) is 4.42 Å². The van der Waals surface area contributed by atoms with E-state index in [0.29, 0.717) is 11.1 Å². The van der Waals surface area contributed by atoms with E-state index >= 15 is 0 Å². The van der Waals surface area contributed by atoms with Crippen LogP contribution in [0.2, 0.25) is 0 Å². The molecule has 1 aliphatic heterocycles. The predicted molar refractivity (Wildman–Crippen MR) is 81.2 cm³/mol. The molecular formula is C15H13BrN2O3. The topological polar surface area (TPSA) is 62.6 Å². The van der Waals surface area contributed by atoms with Crippen LogP contribution in [-0.2, 0) is 11.2 Å². The Hall–Kier alpha value is -2.08. The van der Waals surface area contributed by atoms with Gasteiger partial charge in [-0.25, -0.2) is 0 Å². The lowest BCUT2D eigenvalue weighted by Gasteiger charge is -2.23. The van der Waals surface area contributed by atoms with Gasteiger partial charge < -0.3 is 9.73 Å². The largest absolute Gasteiger partial charge is 0.444 e. The molecule has 5 nitrogen and oxygen atoms in total. The molecule has 1 aliphatic rings. The van der Waals surface area contributed by atoms with Crippen molar-refractivity contribution in [1.29, 1.82) is 0 Å². The van der Waals surface area contributed by atoms with Gasteiger partial charge in [0.05, 0.1) is 0 Å². The van der Waals surface area contributed by atoms with E-state index in [-0.39, 0.29) is 17.6 Å². The van der Waals surface area contributed by atoms with E-state index in [9.17, 15) is 9.59 Å². The van der Waals surface area contributed by atoms with Gasteiger partial charge in [0.15, 0.2) is 10.4 Å². The summed E-state index contributed by atoms with van der Waals surface area (Å²) in [6, 6.07) is 10.2. The zero-order valence-corrected chi connectivity index (χ0v) is 12.9.